The van der Waals surface area contributed by atoms with E-state index in [2.05, 4.69) is 20.3 Å². The third kappa shape index (κ3) is 5.91. The second kappa shape index (κ2) is 10.0. The van der Waals surface area contributed by atoms with Crippen LogP contribution in [-0.4, -0.2) is 56.5 Å². The van der Waals surface area contributed by atoms with Crippen LogP contribution in [0.3, 0.4) is 0 Å². The standard InChI is InChI=1S/C18H19N3O6S/c1-24-15(22)10-14-17(23)20-18(28-14)21-19-11-12-2-4-13(5-3-12)25-7-6-16-26-8-9-27-16/h2-5,10-11,16H,6-9H2,1H3,(H,20,21,23)/b14-10+,19-11?. The lowest BCUT2D eigenvalue weighted by molar-refractivity contribution is -0.135. The van der Waals surface area contributed by atoms with E-state index in [9.17, 15) is 9.59 Å². The van der Waals surface area contributed by atoms with Crippen molar-refractivity contribution in [2.75, 3.05) is 26.9 Å². The average Bonchev–Trinajstić information content (AvgIpc) is 3.33. The quantitative estimate of drug-likeness (QED) is 0.316. The van der Waals surface area contributed by atoms with Crippen LogP contribution in [0.25, 0.3) is 0 Å². The average molecular weight is 405 g/mol. The molecule has 2 aliphatic rings. The summed E-state index contributed by atoms with van der Waals surface area (Å²) >= 11 is 1.01. The predicted molar refractivity (Wildman–Crippen MR) is 103 cm³/mol. The Hall–Kier alpha value is -2.69. The number of thioether (sulfide) groups is 1. The molecular weight excluding hydrogens is 386 g/mol. The Bertz CT molecular complexity index is 800. The Morgan fingerprint density at radius 3 is 2.79 bits per heavy atom. The summed E-state index contributed by atoms with van der Waals surface area (Å²) in [6, 6.07) is 7.33. The number of ether oxygens (including phenoxy) is 4. The summed E-state index contributed by atoms with van der Waals surface area (Å²) in [5.41, 5.74) is 0.818. The molecule has 2 saturated heterocycles. The molecule has 2 fully saturated rings. The highest BCUT2D eigenvalue weighted by molar-refractivity contribution is 8.18. The monoisotopic (exact) mass is 405 g/mol. The molecule has 2 aliphatic heterocycles. The maximum Gasteiger partial charge on any atom is 0.331 e. The summed E-state index contributed by atoms with van der Waals surface area (Å²) in [5.74, 6) is -0.287. The molecular formula is C18H19N3O6S. The third-order valence-electron chi connectivity index (χ3n) is 3.65. The fourth-order valence-electron chi connectivity index (χ4n) is 2.29. The third-order valence-corrected chi connectivity index (χ3v) is 4.55. The van der Waals surface area contributed by atoms with E-state index in [0.29, 0.717) is 26.2 Å². The van der Waals surface area contributed by atoms with Crippen molar-refractivity contribution in [3.8, 4) is 5.75 Å². The Morgan fingerprint density at radius 2 is 2.07 bits per heavy atom. The van der Waals surface area contributed by atoms with Crippen molar-refractivity contribution >= 4 is 35.0 Å². The maximum absolute atomic E-state index is 11.7. The number of methoxy groups -OCH3 is 1. The van der Waals surface area contributed by atoms with E-state index in [-0.39, 0.29) is 16.4 Å². The molecule has 0 aromatic heterocycles. The lowest BCUT2D eigenvalue weighted by atomic mass is 10.2. The molecule has 3 rings (SSSR count). The minimum Gasteiger partial charge on any atom is -0.493 e. The number of hydrogen-bond donors (Lipinski definition) is 1. The van der Waals surface area contributed by atoms with Gasteiger partial charge in [0.1, 0.15) is 5.75 Å². The van der Waals surface area contributed by atoms with Crippen LogP contribution in [0.15, 0.2) is 45.4 Å². The first-order valence-corrected chi connectivity index (χ1v) is 9.31. The van der Waals surface area contributed by atoms with Crippen LogP contribution in [0.2, 0.25) is 0 Å². The van der Waals surface area contributed by atoms with Crippen molar-refractivity contribution in [3.05, 3.63) is 40.8 Å². The fourth-order valence-corrected chi connectivity index (χ4v) is 3.02. The zero-order valence-electron chi connectivity index (χ0n) is 15.1. The van der Waals surface area contributed by atoms with Crippen molar-refractivity contribution in [3.63, 3.8) is 0 Å². The van der Waals surface area contributed by atoms with Gasteiger partial charge in [0.15, 0.2) is 11.5 Å². The molecule has 0 spiro atoms. The number of amides is 1. The lowest BCUT2D eigenvalue weighted by Crippen LogP contribution is -2.19. The Morgan fingerprint density at radius 1 is 1.32 bits per heavy atom. The van der Waals surface area contributed by atoms with Gasteiger partial charge in [0.2, 0.25) is 0 Å². The molecule has 1 aromatic rings. The van der Waals surface area contributed by atoms with Gasteiger partial charge in [0.25, 0.3) is 5.91 Å². The molecule has 1 amide bonds. The number of carbonyl (C=O) groups excluding carboxylic acids is 2. The van der Waals surface area contributed by atoms with Gasteiger partial charge in [-0.15, -0.1) is 5.10 Å². The van der Waals surface area contributed by atoms with Gasteiger partial charge >= 0.3 is 5.97 Å². The molecule has 0 bridgehead atoms. The Balaban J connectivity index is 1.47. The molecule has 0 atom stereocenters. The van der Waals surface area contributed by atoms with E-state index < -0.39 is 11.9 Å². The molecule has 0 unspecified atom stereocenters. The summed E-state index contributed by atoms with van der Waals surface area (Å²) in [6.07, 6.45) is 3.15. The second-order valence-corrected chi connectivity index (χ2v) is 6.65. The van der Waals surface area contributed by atoms with Crippen LogP contribution in [-0.2, 0) is 23.8 Å². The number of hydrogen-bond acceptors (Lipinski definition) is 9. The molecule has 28 heavy (non-hydrogen) atoms. The van der Waals surface area contributed by atoms with Crippen molar-refractivity contribution in [2.45, 2.75) is 12.7 Å². The molecule has 9 nitrogen and oxygen atoms in total. The van der Waals surface area contributed by atoms with Crippen molar-refractivity contribution in [1.29, 1.82) is 0 Å². The Labute approximate surface area is 165 Å². The van der Waals surface area contributed by atoms with Crippen LogP contribution < -0.4 is 10.1 Å². The van der Waals surface area contributed by atoms with Crippen LogP contribution in [0, 0.1) is 0 Å². The maximum atomic E-state index is 11.7. The molecule has 0 radical (unpaired) electrons. The predicted octanol–water partition coefficient (Wildman–Crippen LogP) is 1.44. The van der Waals surface area contributed by atoms with Gasteiger partial charge in [-0.1, -0.05) is 0 Å². The largest absolute Gasteiger partial charge is 0.493 e. The van der Waals surface area contributed by atoms with Gasteiger partial charge in [0, 0.05) is 12.5 Å². The van der Waals surface area contributed by atoms with Gasteiger partial charge in [-0.2, -0.15) is 5.10 Å². The number of amidine groups is 1. The van der Waals surface area contributed by atoms with E-state index in [1.54, 1.807) is 6.21 Å². The van der Waals surface area contributed by atoms with E-state index in [0.717, 1.165) is 29.2 Å². The topological polar surface area (TPSA) is 108 Å². The minimum atomic E-state index is -0.604. The SMILES string of the molecule is COC(=O)/C=C1/S/C(=N\N=Cc2ccc(OCCC3OCCO3)cc2)NC1=O. The molecule has 2 heterocycles. The number of rotatable bonds is 7. The van der Waals surface area contributed by atoms with Crippen LogP contribution >= 0.6 is 11.8 Å². The summed E-state index contributed by atoms with van der Waals surface area (Å²) in [6.45, 7) is 1.77. The summed E-state index contributed by atoms with van der Waals surface area (Å²) in [7, 11) is 1.24. The zero-order valence-corrected chi connectivity index (χ0v) is 15.9. The molecule has 0 aliphatic carbocycles. The van der Waals surface area contributed by atoms with Gasteiger partial charge in [0.05, 0.1) is 38.1 Å². The highest BCUT2D eigenvalue weighted by atomic mass is 32.2. The summed E-state index contributed by atoms with van der Waals surface area (Å²) in [5, 5.41) is 10.7. The molecule has 10 heteroatoms. The number of nitrogens with zero attached hydrogens (tertiary/aromatic N) is 2. The van der Waals surface area contributed by atoms with Crippen molar-refractivity contribution in [1.82, 2.24) is 5.32 Å². The van der Waals surface area contributed by atoms with Crippen molar-refractivity contribution < 1.29 is 28.5 Å². The normalized spacial score (nSPS) is 20.2. The van der Waals surface area contributed by atoms with Gasteiger partial charge in [-0.05, 0) is 41.6 Å². The fraction of sp³-hybridized carbons (Fsp3) is 0.333. The van der Waals surface area contributed by atoms with E-state index in [1.165, 1.54) is 7.11 Å². The molecule has 1 aromatic carbocycles. The Kier molecular flexibility index (Phi) is 7.18. The van der Waals surface area contributed by atoms with E-state index >= 15 is 0 Å². The second-order valence-electron chi connectivity index (χ2n) is 5.61. The van der Waals surface area contributed by atoms with Crippen LogP contribution in [0.4, 0.5) is 0 Å². The molecule has 1 N–H and O–H groups in total. The van der Waals surface area contributed by atoms with Crippen molar-refractivity contribution in [2.24, 2.45) is 10.2 Å². The van der Waals surface area contributed by atoms with Crippen LogP contribution in [0.5, 0.6) is 5.75 Å². The zero-order chi connectivity index (χ0) is 19.8. The van der Waals surface area contributed by atoms with E-state index in [1.807, 2.05) is 24.3 Å². The smallest absolute Gasteiger partial charge is 0.331 e. The highest BCUT2D eigenvalue weighted by Crippen LogP contribution is 2.23. The summed E-state index contributed by atoms with van der Waals surface area (Å²) in [4.78, 5) is 23.1. The van der Waals surface area contributed by atoms with Gasteiger partial charge < -0.3 is 18.9 Å². The highest BCUT2D eigenvalue weighted by Gasteiger charge is 2.25. The van der Waals surface area contributed by atoms with E-state index in [4.69, 9.17) is 14.2 Å². The first-order chi connectivity index (χ1) is 13.6. The molecule has 0 saturated carbocycles. The van der Waals surface area contributed by atoms with Crippen LogP contribution in [0.1, 0.15) is 12.0 Å². The molecule has 148 valence electrons. The van der Waals surface area contributed by atoms with Gasteiger partial charge in [-0.3, -0.25) is 10.1 Å². The van der Waals surface area contributed by atoms with Gasteiger partial charge in [-0.25, -0.2) is 4.79 Å². The number of carbonyl (C=O) groups is 2. The minimum absolute atomic E-state index is 0.178. The summed E-state index contributed by atoms with van der Waals surface area (Å²) < 4.78 is 20.8. The first kappa shape index (κ1) is 20.1. The lowest BCUT2D eigenvalue weighted by Gasteiger charge is -2.10. The number of nitrogens with one attached hydrogen (secondary N) is 1. The first-order valence-electron chi connectivity index (χ1n) is 8.50. The number of esters is 1. The number of benzene rings is 1.